The fourth-order valence-electron chi connectivity index (χ4n) is 3.00. The highest BCUT2D eigenvalue weighted by Crippen LogP contribution is 2.33. The number of nitriles is 1. The zero-order valence-corrected chi connectivity index (χ0v) is 13.4. The lowest BCUT2D eigenvalue weighted by Crippen LogP contribution is -2.14. The molecule has 1 saturated carbocycles. The number of hydrogen-bond donors (Lipinski definition) is 2. The number of hydrogen-bond acceptors (Lipinski definition) is 4. The molecule has 3 rings (SSSR count). The Morgan fingerprint density at radius 2 is 1.87 bits per heavy atom. The Labute approximate surface area is 135 Å². The molecule has 0 atom stereocenters. The number of nitrogens with zero attached hydrogens (tertiary/aromatic N) is 2. The molecule has 1 heterocycles. The fourth-order valence-corrected chi connectivity index (χ4v) is 4.03. The molecule has 120 valence electrons. The van der Waals surface area contributed by atoms with Crippen LogP contribution in [0.25, 0.3) is 0 Å². The van der Waals surface area contributed by atoms with E-state index < -0.39 is 10.0 Å². The third kappa shape index (κ3) is 3.37. The number of nitrogens with one attached hydrogen (secondary N) is 2. The van der Waals surface area contributed by atoms with E-state index in [2.05, 4.69) is 14.9 Å². The molecule has 1 aromatic carbocycles. The summed E-state index contributed by atoms with van der Waals surface area (Å²) >= 11 is 0. The van der Waals surface area contributed by atoms with Crippen LogP contribution in [0.1, 0.15) is 49.1 Å². The van der Waals surface area contributed by atoms with Crippen LogP contribution in [0.3, 0.4) is 0 Å². The smallest absolute Gasteiger partial charge is 0.263 e. The highest BCUT2D eigenvalue weighted by Gasteiger charge is 2.19. The zero-order chi connectivity index (χ0) is 16.3. The SMILES string of the molecule is N#Cc1cn[nH]c1NS(=O)(=O)c1ccc(C2CCCCC2)cc1. The number of aromatic amines is 1. The van der Waals surface area contributed by atoms with Gasteiger partial charge in [-0.3, -0.25) is 9.82 Å². The topological polar surface area (TPSA) is 98.6 Å². The van der Waals surface area contributed by atoms with Crippen molar-refractivity contribution in [1.29, 1.82) is 5.26 Å². The first-order valence-corrected chi connectivity index (χ1v) is 9.15. The van der Waals surface area contributed by atoms with Gasteiger partial charge in [0.05, 0.1) is 11.1 Å². The normalized spacial score (nSPS) is 16.0. The third-order valence-corrected chi connectivity index (χ3v) is 5.63. The van der Waals surface area contributed by atoms with Crippen LogP contribution in [0.4, 0.5) is 5.82 Å². The van der Waals surface area contributed by atoms with Crippen LogP contribution >= 0.6 is 0 Å². The van der Waals surface area contributed by atoms with E-state index >= 15 is 0 Å². The van der Waals surface area contributed by atoms with Crippen LogP contribution in [0, 0.1) is 11.3 Å². The fraction of sp³-hybridized carbons (Fsp3) is 0.375. The van der Waals surface area contributed by atoms with E-state index in [1.165, 1.54) is 43.9 Å². The maximum Gasteiger partial charge on any atom is 0.263 e. The average molecular weight is 330 g/mol. The van der Waals surface area contributed by atoms with Crippen molar-refractivity contribution in [2.75, 3.05) is 4.72 Å². The molecule has 0 aliphatic heterocycles. The lowest BCUT2D eigenvalue weighted by atomic mass is 9.84. The number of rotatable bonds is 4. The largest absolute Gasteiger partial charge is 0.263 e. The molecule has 0 radical (unpaired) electrons. The summed E-state index contributed by atoms with van der Waals surface area (Å²) in [6.45, 7) is 0. The minimum Gasteiger partial charge on any atom is -0.263 e. The minimum atomic E-state index is -3.74. The van der Waals surface area contributed by atoms with Gasteiger partial charge in [-0.25, -0.2) is 8.42 Å². The van der Waals surface area contributed by atoms with Gasteiger partial charge in [-0.05, 0) is 36.5 Å². The Morgan fingerprint density at radius 1 is 1.17 bits per heavy atom. The van der Waals surface area contributed by atoms with Gasteiger partial charge in [0.1, 0.15) is 11.6 Å². The van der Waals surface area contributed by atoms with Crippen molar-refractivity contribution >= 4 is 15.8 Å². The van der Waals surface area contributed by atoms with E-state index in [9.17, 15) is 8.42 Å². The quantitative estimate of drug-likeness (QED) is 0.899. The molecule has 6 nitrogen and oxygen atoms in total. The van der Waals surface area contributed by atoms with Crippen LogP contribution in [-0.4, -0.2) is 18.6 Å². The minimum absolute atomic E-state index is 0.0869. The van der Waals surface area contributed by atoms with E-state index in [0.717, 1.165) is 0 Å². The molecule has 0 unspecified atom stereocenters. The molecular weight excluding hydrogens is 312 g/mol. The third-order valence-electron chi connectivity index (χ3n) is 4.26. The summed E-state index contributed by atoms with van der Waals surface area (Å²) in [4.78, 5) is 0.176. The van der Waals surface area contributed by atoms with Crippen LogP contribution in [0.5, 0.6) is 0 Å². The summed E-state index contributed by atoms with van der Waals surface area (Å²) in [5, 5.41) is 15.1. The van der Waals surface area contributed by atoms with Gasteiger partial charge in [-0.1, -0.05) is 31.4 Å². The molecule has 1 aliphatic carbocycles. The van der Waals surface area contributed by atoms with Gasteiger partial charge in [0.15, 0.2) is 5.82 Å². The first kappa shape index (κ1) is 15.6. The van der Waals surface area contributed by atoms with Gasteiger partial charge in [0.2, 0.25) is 0 Å². The molecule has 0 spiro atoms. The molecule has 1 fully saturated rings. The molecule has 2 aromatic rings. The summed E-state index contributed by atoms with van der Waals surface area (Å²) in [5.41, 5.74) is 1.36. The van der Waals surface area contributed by atoms with Crippen molar-refractivity contribution in [3.05, 3.63) is 41.6 Å². The van der Waals surface area contributed by atoms with Gasteiger partial charge in [0.25, 0.3) is 10.0 Å². The summed E-state index contributed by atoms with van der Waals surface area (Å²) in [6.07, 6.45) is 7.39. The highest BCUT2D eigenvalue weighted by molar-refractivity contribution is 7.92. The number of sulfonamides is 1. The van der Waals surface area contributed by atoms with Gasteiger partial charge < -0.3 is 0 Å². The van der Waals surface area contributed by atoms with Crippen molar-refractivity contribution in [2.24, 2.45) is 0 Å². The summed E-state index contributed by atoms with van der Waals surface area (Å²) in [6, 6.07) is 8.90. The van der Waals surface area contributed by atoms with Gasteiger partial charge in [-0.2, -0.15) is 10.4 Å². The highest BCUT2D eigenvalue weighted by atomic mass is 32.2. The Morgan fingerprint density at radius 3 is 2.52 bits per heavy atom. The Hall–Kier alpha value is -2.33. The zero-order valence-electron chi connectivity index (χ0n) is 12.6. The Balaban J connectivity index is 1.79. The van der Waals surface area contributed by atoms with Crippen molar-refractivity contribution in [3.8, 4) is 6.07 Å². The van der Waals surface area contributed by atoms with E-state index in [4.69, 9.17) is 5.26 Å². The predicted molar refractivity (Wildman–Crippen MR) is 86.4 cm³/mol. The second kappa shape index (κ2) is 6.42. The number of aromatic nitrogens is 2. The standard InChI is InChI=1S/C16H18N4O2S/c17-10-14-11-18-19-16(14)20-23(21,22)15-8-6-13(7-9-15)12-4-2-1-3-5-12/h6-9,11-12H,1-5H2,(H2,18,19,20). The maximum absolute atomic E-state index is 12.4. The molecule has 1 aromatic heterocycles. The lowest BCUT2D eigenvalue weighted by Gasteiger charge is -2.22. The molecule has 1 aliphatic rings. The monoisotopic (exact) mass is 330 g/mol. The molecule has 7 heteroatoms. The molecule has 0 saturated heterocycles. The summed E-state index contributed by atoms with van der Waals surface area (Å²) in [7, 11) is -3.74. The molecule has 0 bridgehead atoms. The van der Waals surface area contributed by atoms with Gasteiger partial charge in [0, 0.05) is 0 Å². The average Bonchev–Trinajstić information content (AvgIpc) is 3.02. The van der Waals surface area contributed by atoms with Crippen molar-refractivity contribution < 1.29 is 8.42 Å². The Bertz CT molecular complexity index is 813. The van der Waals surface area contributed by atoms with Crippen LogP contribution < -0.4 is 4.72 Å². The molecular formula is C16H18N4O2S. The van der Waals surface area contributed by atoms with Crippen molar-refractivity contribution in [3.63, 3.8) is 0 Å². The first-order valence-electron chi connectivity index (χ1n) is 7.66. The van der Waals surface area contributed by atoms with Crippen LogP contribution in [0.15, 0.2) is 35.4 Å². The number of H-pyrrole nitrogens is 1. The summed E-state index contributed by atoms with van der Waals surface area (Å²) < 4.78 is 27.1. The van der Waals surface area contributed by atoms with E-state index in [1.807, 2.05) is 18.2 Å². The van der Waals surface area contributed by atoms with E-state index in [-0.39, 0.29) is 16.3 Å². The Kier molecular flexibility index (Phi) is 4.35. The molecule has 0 amide bonds. The van der Waals surface area contributed by atoms with Crippen LogP contribution in [-0.2, 0) is 10.0 Å². The van der Waals surface area contributed by atoms with Gasteiger partial charge in [-0.15, -0.1) is 0 Å². The van der Waals surface area contributed by atoms with E-state index in [1.54, 1.807) is 12.1 Å². The first-order chi connectivity index (χ1) is 11.1. The number of benzene rings is 1. The number of anilines is 1. The molecule has 2 N–H and O–H groups in total. The predicted octanol–water partition coefficient (Wildman–Crippen LogP) is 3.13. The van der Waals surface area contributed by atoms with E-state index in [0.29, 0.717) is 5.92 Å². The van der Waals surface area contributed by atoms with Gasteiger partial charge >= 0.3 is 0 Å². The second-order valence-electron chi connectivity index (χ2n) is 5.78. The van der Waals surface area contributed by atoms with Crippen molar-refractivity contribution in [1.82, 2.24) is 10.2 Å². The summed E-state index contributed by atoms with van der Waals surface area (Å²) in [5.74, 6) is 0.620. The van der Waals surface area contributed by atoms with Crippen molar-refractivity contribution in [2.45, 2.75) is 42.9 Å². The maximum atomic E-state index is 12.4. The lowest BCUT2D eigenvalue weighted by molar-refractivity contribution is 0.443. The van der Waals surface area contributed by atoms with Crippen LogP contribution in [0.2, 0.25) is 0 Å². The molecule has 23 heavy (non-hydrogen) atoms. The second-order valence-corrected chi connectivity index (χ2v) is 7.46.